The van der Waals surface area contributed by atoms with Crippen LogP contribution in [0.15, 0.2) is 0 Å². The van der Waals surface area contributed by atoms with Crippen LogP contribution in [0.2, 0.25) is 0 Å². The second kappa shape index (κ2) is 5.48. The smallest absolute Gasteiger partial charge is 0.0330 e. The minimum Gasteiger partial charge on any atom is -0.329 e. The first-order valence-electron chi connectivity index (χ1n) is 6.50. The first-order chi connectivity index (χ1) is 7.43. The summed E-state index contributed by atoms with van der Waals surface area (Å²) in [6.07, 6.45) is 4.04. The topological polar surface area (TPSA) is 32.5 Å². The molecule has 1 rings (SSSR count). The van der Waals surface area contributed by atoms with Gasteiger partial charge >= 0.3 is 0 Å². The van der Waals surface area contributed by atoms with Crippen molar-refractivity contribution in [1.29, 1.82) is 0 Å². The van der Waals surface area contributed by atoms with Crippen molar-refractivity contribution in [2.24, 2.45) is 11.7 Å². The van der Waals surface area contributed by atoms with Crippen molar-refractivity contribution >= 4 is 0 Å². The van der Waals surface area contributed by atoms with Gasteiger partial charge in [0.05, 0.1) is 0 Å². The van der Waals surface area contributed by atoms with Gasteiger partial charge in [-0.1, -0.05) is 13.8 Å². The van der Waals surface area contributed by atoms with Crippen LogP contribution in [0.1, 0.15) is 33.1 Å². The monoisotopic (exact) mass is 227 g/mol. The number of hydrogen-bond donors (Lipinski definition) is 1. The maximum atomic E-state index is 5.87. The molecular formula is C13H29N3. The largest absolute Gasteiger partial charge is 0.329 e. The van der Waals surface area contributed by atoms with Crippen LogP contribution in [-0.2, 0) is 0 Å². The summed E-state index contributed by atoms with van der Waals surface area (Å²) in [5.41, 5.74) is 6.29. The van der Waals surface area contributed by atoms with Gasteiger partial charge < -0.3 is 15.5 Å². The number of nitrogens with zero attached hydrogens (tertiary/aromatic N) is 2. The van der Waals surface area contributed by atoms with Gasteiger partial charge in [-0.2, -0.15) is 0 Å². The molecule has 2 N–H and O–H groups in total. The van der Waals surface area contributed by atoms with Crippen LogP contribution >= 0.6 is 0 Å². The third-order valence-corrected chi connectivity index (χ3v) is 4.35. The molecule has 1 saturated carbocycles. The number of hydrogen-bond acceptors (Lipinski definition) is 3. The Balaban J connectivity index is 2.58. The molecule has 0 amide bonds. The molecular weight excluding hydrogens is 198 g/mol. The summed E-state index contributed by atoms with van der Waals surface area (Å²) in [6.45, 7) is 6.44. The zero-order valence-corrected chi connectivity index (χ0v) is 11.7. The lowest BCUT2D eigenvalue weighted by atomic mass is 9.75. The summed E-state index contributed by atoms with van der Waals surface area (Å²) >= 11 is 0. The van der Waals surface area contributed by atoms with E-state index in [9.17, 15) is 0 Å². The number of rotatable bonds is 6. The van der Waals surface area contributed by atoms with Crippen molar-refractivity contribution in [3.8, 4) is 0 Å². The van der Waals surface area contributed by atoms with Gasteiger partial charge in [-0.05, 0) is 46.3 Å². The highest BCUT2D eigenvalue weighted by atomic mass is 15.2. The molecule has 0 aromatic carbocycles. The molecule has 1 aliphatic carbocycles. The van der Waals surface area contributed by atoms with Crippen molar-refractivity contribution in [3.63, 3.8) is 0 Å². The molecule has 1 aliphatic rings. The van der Waals surface area contributed by atoms with Crippen LogP contribution in [0.3, 0.4) is 0 Å². The molecule has 0 heterocycles. The van der Waals surface area contributed by atoms with Crippen molar-refractivity contribution in [2.75, 3.05) is 34.2 Å². The van der Waals surface area contributed by atoms with Crippen LogP contribution in [0.5, 0.6) is 0 Å². The Morgan fingerprint density at radius 1 is 1.19 bits per heavy atom. The second-order valence-electron chi connectivity index (χ2n) is 5.93. The molecule has 0 spiro atoms. The molecule has 0 saturated heterocycles. The summed E-state index contributed by atoms with van der Waals surface area (Å²) in [4.78, 5) is 4.87. The normalized spacial score (nSPS) is 21.6. The van der Waals surface area contributed by atoms with Gasteiger partial charge in [0.2, 0.25) is 0 Å². The average Bonchev–Trinajstić information content (AvgIpc) is 2.11. The Bertz CT molecular complexity index is 209. The third kappa shape index (κ3) is 2.76. The fourth-order valence-corrected chi connectivity index (χ4v) is 2.87. The molecule has 0 aromatic rings. The summed E-state index contributed by atoms with van der Waals surface area (Å²) in [6, 6.07) is 0.512. The molecule has 1 fully saturated rings. The van der Waals surface area contributed by atoms with Crippen LogP contribution in [0.25, 0.3) is 0 Å². The average molecular weight is 227 g/mol. The van der Waals surface area contributed by atoms with E-state index in [1.165, 1.54) is 19.3 Å². The number of likely N-dealkylation sites (N-methyl/N-ethyl adjacent to an activating group) is 2. The highest BCUT2D eigenvalue weighted by Crippen LogP contribution is 2.37. The first-order valence-corrected chi connectivity index (χ1v) is 6.50. The third-order valence-electron chi connectivity index (χ3n) is 4.35. The molecule has 16 heavy (non-hydrogen) atoms. The molecule has 0 aromatic heterocycles. The lowest BCUT2D eigenvalue weighted by molar-refractivity contribution is 0.0112. The molecule has 3 nitrogen and oxygen atoms in total. The zero-order valence-electron chi connectivity index (χ0n) is 11.7. The summed E-state index contributed by atoms with van der Waals surface area (Å²) in [5.74, 6) is 0.634. The fourth-order valence-electron chi connectivity index (χ4n) is 2.87. The van der Waals surface area contributed by atoms with Gasteiger partial charge in [-0.3, -0.25) is 0 Å². The summed E-state index contributed by atoms with van der Waals surface area (Å²) in [7, 11) is 6.64. The van der Waals surface area contributed by atoms with E-state index in [0.717, 1.165) is 13.1 Å². The van der Waals surface area contributed by atoms with E-state index in [4.69, 9.17) is 5.73 Å². The maximum absolute atomic E-state index is 5.87. The van der Waals surface area contributed by atoms with Gasteiger partial charge in [0.25, 0.3) is 0 Å². The maximum Gasteiger partial charge on any atom is 0.0330 e. The van der Waals surface area contributed by atoms with Crippen LogP contribution in [0, 0.1) is 5.92 Å². The Morgan fingerprint density at radius 2 is 1.75 bits per heavy atom. The Kier molecular flexibility index (Phi) is 4.77. The quantitative estimate of drug-likeness (QED) is 0.744. The summed E-state index contributed by atoms with van der Waals surface area (Å²) in [5, 5.41) is 0. The van der Waals surface area contributed by atoms with Crippen molar-refractivity contribution < 1.29 is 0 Å². The van der Waals surface area contributed by atoms with E-state index >= 15 is 0 Å². The van der Waals surface area contributed by atoms with Gasteiger partial charge in [0.15, 0.2) is 0 Å². The van der Waals surface area contributed by atoms with Crippen molar-refractivity contribution in [3.05, 3.63) is 0 Å². The molecule has 0 bridgehead atoms. The zero-order chi connectivity index (χ0) is 12.3. The predicted molar refractivity (Wildman–Crippen MR) is 70.6 cm³/mol. The minimum atomic E-state index is 0.414. The minimum absolute atomic E-state index is 0.414. The van der Waals surface area contributed by atoms with Crippen LogP contribution < -0.4 is 5.73 Å². The Morgan fingerprint density at radius 3 is 2.00 bits per heavy atom. The second-order valence-corrected chi connectivity index (χ2v) is 5.93. The highest BCUT2D eigenvalue weighted by molar-refractivity contribution is 4.98. The lowest BCUT2D eigenvalue weighted by Crippen LogP contribution is -2.59. The predicted octanol–water partition coefficient (Wildman–Crippen LogP) is 1.39. The van der Waals surface area contributed by atoms with Crippen LogP contribution in [-0.4, -0.2) is 55.6 Å². The van der Waals surface area contributed by atoms with E-state index in [2.05, 4.69) is 44.8 Å². The van der Waals surface area contributed by atoms with E-state index in [-0.39, 0.29) is 0 Å². The van der Waals surface area contributed by atoms with Gasteiger partial charge in [0.1, 0.15) is 0 Å². The lowest BCUT2D eigenvalue weighted by Gasteiger charge is -2.50. The van der Waals surface area contributed by atoms with Crippen LogP contribution in [0.4, 0.5) is 0 Å². The molecule has 0 radical (unpaired) electrons. The van der Waals surface area contributed by atoms with Gasteiger partial charge in [0, 0.05) is 24.7 Å². The van der Waals surface area contributed by atoms with E-state index in [0.29, 0.717) is 17.5 Å². The van der Waals surface area contributed by atoms with Crippen molar-refractivity contribution in [2.45, 2.75) is 44.7 Å². The van der Waals surface area contributed by atoms with E-state index < -0.39 is 0 Å². The fraction of sp³-hybridized carbons (Fsp3) is 1.00. The van der Waals surface area contributed by atoms with E-state index in [1.54, 1.807) is 0 Å². The highest BCUT2D eigenvalue weighted by Gasteiger charge is 2.40. The molecule has 96 valence electrons. The number of nitrogens with two attached hydrogens (primary N) is 1. The first kappa shape index (κ1) is 13.9. The SMILES string of the molecule is CC(C)C(CN)N(C)CC1(N(C)C)CCC1. The molecule has 1 unspecified atom stereocenters. The van der Waals surface area contributed by atoms with E-state index in [1.807, 2.05) is 0 Å². The molecule has 1 atom stereocenters. The van der Waals surface area contributed by atoms with Crippen molar-refractivity contribution in [1.82, 2.24) is 9.80 Å². The summed E-state index contributed by atoms with van der Waals surface area (Å²) < 4.78 is 0. The van der Waals surface area contributed by atoms with Gasteiger partial charge in [-0.15, -0.1) is 0 Å². The molecule has 0 aliphatic heterocycles. The van der Waals surface area contributed by atoms with Gasteiger partial charge in [-0.25, -0.2) is 0 Å². The standard InChI is InChI=1S/C13H29N3/c1-11(2)12(9-14)16(5)10-13(15(3)4)7-6-8-13/h11-12H,6-10,14H2,1-5H3. The Labute approximate surface area is 101 Å². The Hall–Kier alpha value is -0.120. The molecule has 3 heteroatoms.